The maximum absolute atomic E-state index is 12.5. The standard InChI is InChI=1S/C15H15BrF2N2/c16-12-5-7-13(8-6-12)20-14(9-19)10-1-3-11(4-2-10)15(17)18/h1-8,14-15,20H,9,19H2. The van der Waals surface area contributed by atoms with Gasteiger partial charge in [0.15, 0.2) is 0 Å². The molecule has 0 aliphatic carbocycles. The van der Waals surface area contributed by atoms with E-state index >= 15 is 0 Å². The van der Waals surface area contributed by atoms with E-state index in [0.29, 0.717) is 6.54 Å². The van der Waals surface area contributed by atoms with Gasteiger partial charge < -0.3 is 11.1 Å². The van der Waals surface area contributed by atoms with E-state index in [1.165, 1.54) is 12.1 Å². The third kappa shape index (κ3) is 3.77. The first kappa shape index (κ1) is 14.9. The summed E-state index contributed by atoms with van der Waals surface area (Å²) in [4.78, 5) is 0. The SMILES string of the molecule is NCC(Nc1ccc(Br)cc1)c1ccc(C(F)F)cc1. The fourth-order valence-corrected chi connectivity index (χ4v) is 2.16. The van der Waals surface area contributed by atoms with Crippen LogP contribution < -0.4 is 11.1 Å². The second-order valence-corrected chi connectivity index (χ2v) is 5.32. The van der Waals surface area contributed by atoms with Crippen molar-refractivity contribution in [3.05, 3.63) is 64.1 Å². The van der Waals surface area contributed by atoms with Gasteiger partial charge in [0.2, 0.25) is 0 Å². The van der Waals surface area contributed by atoms with Gasteiger partial charge in [-0.1, -0.05) is 40.2 Å². The number of nitrogens with two attached hydrogens (primary N) is 1. The van der Waals surface area contributed by atoms with E-state index in [1.807, 2.05) is 24.3 Å². The minimum absolute atomic E-state index is 0.0214. The van der Waals surface area contributed by atoms with E-state index in [4.69, 9.17) is 5.73 Å². The summed E-state index contributed by atoms with van der Waals surface area (Å²) in [6.45, 7) is 0.379. The van der Waals surface area contributed by atoms with Crippen LogP contribution in [-0.4, -0.2) is 6.54 Å². The first-order valence-corrected chi connectivity index (χ1v) is 6.99. The number of benzene rings is 2. The number of rotatable bonds is 5. The van der Waals surface area contributed by atoms with Crippen LogP contribution in [0.5, 0.6) is 0 Å². The van der Waals surface area contributed by atoms with Crippen LogP contribution in [0.25, 0.3) is 0 Å². The number of hydrogen-bond donors (Lipinski definition) is 2. The molecule has 0 saturated carbocycles. The lowest BCUT2D eigenvalue weighted by atomic mass is 10.0. The van der Waals surface area contributed by atoms with E-state index in [-0.39, 0.29) is 11.6 Å². The molecule has 0 aromatic heterocycles. The Bertz CT molecular complexity index is 541. The predicted octanol–water partition coefficient (Wildman–Crippen LogP) is 4.50. The highest BCUT2D eigenvalue weighted by Crippen LogP contribution is 2.24. The van der Waals surface area contributed by atoms with Gasteiger partial charge >= 0.3 is 0 Å². The summed E-state index contributed by atoms with van der Waals surface area (Å²) in [5, 5.41) is 3.29. The van der Waals surface area contributed by atoms with Crippen molar-refractivity contribution < 1.29 is 8.78 Å². The topological polar surface area (TPSA) is 38.0 Å². The highest BCUT2D eigenvalue weighted by atomic mass is 79.9. The van der Waals surface area contributed by atoms with E-state index in [0.717, 1.165) is 15.7 Å². The predicted molar refractivity (Wildman–Crippen MR) is 81.0 cm³/mol. The minimum atomic E-state index is -2.44. The molecule has 0 aliphatic heterocycles. The molecule has 2 aromatic rings. The van der Waals surface area contributed by atoms with Gasteiger partial charge in [-0.05, 0) is 29.8 Å². The molecule has 0 fully saturated rings. The van der Waals surface area contributed by atoms with Crippen LogP contribution in [-0.2, 0) is 0 Å². The molecular weight excluding hydrogens is 326 g/mol. The lowest BCUT2D eigenvalue weighted by molar-refractivity contribution is 0.151. The van der Waals surface area contributed by atoms with Crippen LogP contribution in [0.1, 0.15) is 23.6 Å². The summed E-state index contributed by atoms with van der Waals surface area (Å²) in [5.74, 6) is 0. The quantitative estimate of drug-likeness (QED) is 0.840. The van der Waals surface area contributed by atoms with Crippen molar-refractivity contribution >= 4 is 21.6 Å². The van der Waals surface area contributed by atoms with Crippen molar-refractivity contribution in [2.24, 2.45) is 5.73 Å². The van der Waals surface area contributed by atoms with Gasteiger partial charge in [0.25, 0.3) is 6.43 Å². The van der Waals surface area contributed by atoms with Crippen molar-refractivity contribution in [1.82, 2.24) is 0 Å². The number of hydrogen-bond acceptors (Lipinski definition) is 2. The molecular formula is C15H15BrF2N2. The molecule has 0 radical (unpaired) electrons. The Morgan fingerprint density at radius 3 is 2.00 bits per heavy atom. The molecule has 0 spiro atoms. The Hall–Kier alpha value is -1.46. The Labute approximate surface area is 125 Å². The van der Waals surface area contributed by atoms with E-state index < -0.39 is 6.43 Å². The summed E-state index contributed by atoms with van der Waals surface area (Å²) >= 11 is 3.37. The maximum atomic E-state index is 12.5. The van der Waals surface area contributed by atoms with E-state index in [1.54, 1.807) is 12.1 Å². The number of anilines is 1. The molecule has 0 aliphatic rings. The van der Waals surface area contributed by atoms with Gasteiger partial charge in [0, 0.05) is 22.3 Å². The average molecular weight is 341 g/mol. The molecule has 0 saturated heterocycles. The molecule has 0 heterocycles. The lowest BCUT2D eigenvalue weighted by Gasteiger charge is -2.19. The number of halogens is 3. The maximum Gasteiger partial charge on any atom is 0.263 e. The van der Waals surface area contributed by atoms with Crippen molar-refractivity contribution in [1.29, 1.82) is 0 Å². The summed E-state index contributed by atoms with van der Waals surface area (Å²) in [6.07, 6.45) is -2.44. The zero-order valence-corrected chi connectivity index (χ0v) is 12.3. The second kappa shape index (κ2) is 6.81. The molecule has 2 aromatic carbocycles. The Balaban J connectivity index is 2.13. The molecule has 3 N–H and O–H groups in total. The normalized spacial score (nSPS) is 12.4. The lowest BCUT2D eigenvalue weighted by Crippen LogP contribution is -2.20. The molecule has 2 rings (SSSR count). The summed E-state index contributed by atoms with van der Waals surface area (Å²) < 4.78 is 26.0. The third-order valence-corrected chi connectivity index (χ3v) is 3.54. The second-order valence-electron chi connectivity index (χ2n) is 4.41. The van der Waals surface area contributed by atoms with Crippen LogP contribution >= 0.6 is 15.9 Å². The Kier molecular flexibility index (Phi) is 5.09. The van der Waals surface area contributed by atoms with E-state index in [2.05, 4.69) is 21.2 Å². The molecule has 0 bridgehead atoms. The van der Waals surface area contributed by atoms with Crippen molar-refractivity contribution in [3.8, 4) is 0 Å². The molecule has 1 atom stereocenters. The van der Waals surface area contributed by atoms with Gasteiger partial charge in [0.1, 0.15) is 0 Å². The van der Waals surface area contributed by atoms with Crippen molar-refractivity contribution in [3.63, 3.8) is 0 Å². The molecule has 2 nitrogen and oxygen atoms in total. The van der Waals surface area contributed by atoms with Gasteiger partial charge in [0.05, 0.1) is 6.04 Å². The van der Waals surface area contributed by atoms with Crippen LogP contribution in [0.15, 0.2) is 53.0 Å². The minimum Gasteiger partial charge on any atom is -0.377 e. The number of nitrogens with one attached hydrogen (secondary N) is 1. The smallest absolute Gasteiger partial charge is 0.263 e. The van der Waals surface area contributed by atoms with Gasteiger partial charge in [-0.25, -0.2) is 8.78 Å². The largest absolute Gasteiger partial charge is 0.377 e. The fraction of sp³-hybridized carbons (Fsp3) is 0.200. The third-order valence-electron chi connectivity index (χ3n) is 3.01. The fourth-order valence-electron chi connectivity index (χ4n) is 1.90. The molecule has 1 unspecified atom stereocenters. The first-order valence-electron chi connectivity index (χ1n) is 6.20. The van der Waals surface area contributed by atoms with Crippen LogP contribution in [0.4, 0.5) is 14.5 Å². The van der Waals surface area contributed by atoms with Crippen LogP contribution in [0, 0.1) is 0 Å². The molecule has 20 heavy (non-hydrogen) atoms. The van der Waals surface area contributed by atoms with Gasteiger partial charge in [-0.3, -0.25) is 0 Å². The van der Waals surface area contributed by atoms with Gasteiger partial charge in [-0.2, -0.15) is 0 Å². The van der Waals surface area contributed by atoms with Crippen molar-refractivity contribution in [2.75, 3.05) is 11.9 Å². The Morgan fingerprint density at radius 1 is 0.950 bits per heavy atom. The monoisotopic (exact) mass is 340 g/mol. The molecule has 106 valence electrons. The zero-order valence-electron chi connectivity index (χ0n) is 10.7. The van der Waals surface area contributed by atoms with Crippen molar-refractivity contribution in [2.45, 2.75) is 12.5 Å². The Morgan fingerprint density at radius 2 is 1.50 bits per heavy atom. The van der Waals surface area contributed by atoms with Gasteiger partial charge in [-0.15, -0.1) is 0 Å². The summed E-state index contributed by atoms with van der Waals surface area (Å²) in [5.41, 5.74) is 7.60. The van der Waals surface area contributed by atoms with E-state index in [9.17, 15) is 8.78 Å². The highest BCUT2D eigenvalue weighted by molar-refractivity contribution is 9.10. The summed E-state index contributed by atoms with van der Waals surface area (Å²) in [6, 6.07) is 13.8. The van der Waals surface area contributed by atoms with Crippen LogP contribution in [0.3, 0.4) is 0 Å². The van der Waals surface area contributed by atoms with Crippen LogP contribution in [0.2, 0.25) is 0 Å². The average Bonchev–Trinajstić information content (AvgIpc) is 2.47. The first-order chi connectivity index (χ1) is 9.60. The zero-order chi connectivity index (χ0) is 14.5. The molecule has 0 amide bonds. The number of alkyl halides is 2. The molecule has 5 heteroatoms. The highest BCUT2D eigenvalue weighted by Gasteiger charge is 2.11. The summed E-state index contributed by atoms with van der Waals surface area (Å²) in [7, 11) is 0.